The smallest absolute Gasteiger partial charge is 0.333 e. The van der Waals surface area contributed by atoms with Gasteiger partial charge in [-0.15, -0.1) is 0 Å². The van der Waals surface area contributed by atoms with Gasteiger partial charge in [-0.25, -0.2) is 4.79 Å². The Hall–Kier alpha value is -1.09. The molecule has 5 atom stereocenters. The molecule has 24 heavy (non-hydrogen) atoms. The van der Waals surface area contributed by atoms with E-state index in [1.165, 1.54) is 44.8 Å². The highest BCUT2D eigenvalue weighted by atomic mass is 16.5. The van der Waals surface area contributed by atoms with Crippen LogP contribution in [0.5, 0.6) is 0 Å². The number of aliphatic hydroxyl groups is 1. The fourth-order valence-corrected chi connectivity index (χ4v) is 5.37. The molecule has 3 unspecified atom stereocenters. The third-order valence-corrected chi connectivity index (χ3v) is 6.71. The second kappa shape index (κ2) is 7.86. The molecule has 2 saturated carbocycles. The molecule has 2 fully saturated rings. The first-order valence-corrected chi connectivity index (χ1v) is 9.41. The first-order chi connectivity index (χ1) is 11.3. The van der Waals surface area contributed by atoms with Crippen molar-refractivity contribution in [3.63, 3.8) is 0 Å². The molecule has 0 aromatic carbocycles. The van der Waals surface area contributed by atoms with E-state index in [4.69, 9.17) is 0 Å². The number of methoxy groups -OCH3 is 1. The number of rotatable bonds is 7. The van der Waals surface area contributed by atoms with Crippen LogP contribution in [0.25, 0.3) is 0 Å². The number of hydrogen-bond donors (Lipinski definition) is 1. The zero-order chi connectivity index (χ0) is 17.9. The molecule has 2 aliphatic carbocycles. The standard InChI is InChI=1S/C21H34O3/c1-14-7-6-12-21(4)18(14)10-11-19(21)15(2)8-9-17(22)13-16(3)20(23)24-5/h15,17-19,22H,1,3,6-13H2,2,4-5H3/t15?,17?,18?,19-,21+/m1/s1. The largest absolute Gasteiger partial charge is 0.466 e. The summed E-state index contributed by atoms with van der Waals surface area (Å²) in [6.45, 7) is 12.8. The Bertz CT molecular complexity index is 495. The SMILES string of the molecule is C=C(CC(O)CCC(C)[C@H]1CCC2C(=C)CCC[C@@]21C)C(=O)OC. The first kappa shape index (κ1) is 19.2. The molecule has 0 spiro atoms. The van der Waals surface area contributed by atoms with Crippen molar-refractivity contribution in [3.05, 3.63) is 24.3 Å². The van der Waals surface area contributed by atoms with Crippen LogP contribution >= 0.6 is 0 Å². The van der Waals surface area contributed by atoms with E-state index in [2.05, 4.69) is 31.7 Å². The highest BCUT2D eigenvalue weighted by Gasteiger charge is 2.50. The Morgan fingerprint density at radius 2 is 2.12 bits per heavy atom. The predicted molar refractivity (Wildman–Crippen MR) is 97.5 cm³/mol. The lowest BCUT2D eigenvalue weighted by atomic mass is 9.61. The maximum atomic E-state index is 11.4. The minimum Gasteiger partial charge on any atom is -0.466 e. The van der Waals surface area contributed by atoms with Gasteiger partial charge >= 0.3 is 5.97 Å². The fourth-order valence-electron chi connectivity index (χ4n) is 5.37. The van der Waals surface area contributed by atoms with Gasteiger partial charge in [0.2, 0.25) is 0 Å². The van der Waals surface area contributed by atoms with Crippen LogP contribution in [-0.2, 0) is 9.53 Å². The summed E-state index contributed by atoms with van der Waals surface area (Å²) in [7, 11) is 1.34. The summed E-state index contributed by atoms with van der Waals surface area (Å²) in [5.74, 6) is 1.58. The Morgan fingerprint density at radius 1 is 1.42 bits per heavy atom. The average molecular weight is 335 g/mol. The Morgan fingerprint density at radius 3 is 2.79 bits per heavy atom. The molecule has 3 nitrogen and oxygen atoms in total. The molecule has 3 heteroatoms. The maximum absolute atomic E-state index is 11.4. The second-order valence-corrected chi connectivity index (χ2v) is 8.26. The number of fused-ring (bicyclic) bond motifs is 1. The summed E-state index contributed by atoms with van der Waals surface area (Å²) in [5.41, 5.74) is 2.22. The van der Waals surface area contributed by atoms with Crippen LogP contribution in [0.2, 0.25) is 0 Å². The molecule has 136 valence electrons. The van der Waals surface area contributed by atoms with Crippen molar-refractivity contribution in [2.45, 2.75) is 71.3 Å². The number of ether oxygens (including phenoxy) is 1. The van der Waals surface area contributed by atoms with Gasteiger partial charge in [0.1, 0.15) is 0 Å². The zero-order valence-electron chi connectivity index (χ0n) is 15.6. The minimum atomic E-state index is -0.509. The van der Waals surface area contributed by atoms with Crippen LogP contribution in [0.1, 0.15) is 65.2 Å². The molecular formula is C21H34O3. The third kappa shape index (κ3) is 3.93. The predicted octanol–water partition coefficient (Wildman–Crippen LogP) is 4.66. The fraction of sp³-hybridized carbons (Fsp3) is 0.762. The summed E-state index contributed by atoms with van der Waals surface area (Å²) in [6.07, 6.45) is 7.87. The van der Waals surface area contributed by atoms with Gasteiger partial charge in [-0.3, -0.25) is 0 Å². The zero-order valence-corrected chi connectivity index (χ0v) is 15.6. The molecule has 0 amide bonds. The Labute approximate surface area is 147 Å². The summed E-state index contributed by atoms with van der Waals surface area (Å²) >= 11 is 0. The Kier molecular flexibility index (Phi) is 6.30. The maximum Gasteiger partial charge on any atom is 0.333 e. The molecule has 0 aliphatic heterocycles. The van der Waals surface area contributed by atoms with Crippen molar-refractivity contribution in [3.8, 4) is 0 Å². The quantitative estimate of drug-likeness (QED) is 0.418. The topological polar surface area (TPSA) is 46.5 Å². The normalized spacial score (nSPS) is 32.1. The lowest BCUT2D eigenvalue weighted by molar-refractivity contribution is -0.136. The number of esters is 1. The molecule has 0 aromatic heterocycles. The third-order valence-electron chi connectivity index (χ3n) is 6.71. The molecule has 1 N–H and O–H groups in total. The average Bonchev–Trinajstić information content (AvgIpc) is 2.90. The number of carbonyl (C=O) groups excluding carboxylic acids is 1. The van der Waals surface area contributed by atoms with Gasteiger partial charge in [-0.05, 0) is 68.1 Å². The molecule has 0 radical (unpaired) electrons. The van der Waals surface area contributed by atoms with E-state index in [0.717, 1.165) is 18.8 Å². The van der Waals surface area contributed by atoms with Gasteiger partial charge in [0.05, 0.1) is 13.2 Å². The van der Waals surface area contributed by atoms with E-state index in [1.807, 2.05) is 0 Å². The van der Waals surface area contributed by atoms with Crippen LogP contribution in [0.3, 0.4) is 0 Å². The molecular weight excluding hydrogens is 300 g/mol. The lowest BCUT2D eigenvalue weighted by Crippen LogP contribution is -2.36. The number of aliphatic hydroxyl groups excluding tert-OH is 1. The van der Waals surface area contributed by atoms with Crippen molar-refractivity contribution < 1.29 is 14.6 Å². The van der Waals surface area contributed by atoms with E-state index < -0.39 is 12.1 Å². The van der Waals surface area contributed by atoms with Gasteiger partial charge in [-0.2, -0.15) is 0 Å². The van der Waals surface area contributed by atoms with E-state index in [-0.39, 0.29) is 0 Å². The second-order valence-electron chi connectivity index (χ2n) is 8.26. The van der Waals surface area contributed by atoms with Crippen LogP contribution < -0.4 is 0 Å². The number of carbonyl (C=O) groups is 1. The van der Waals surface area contributed by atoms with Crippen LogP contribution in [-0.4, -0.2) is 24.3 Å². The van der Waals surface area contributed by atoms with Crippen LogP contribution in [0.15, 0.2) is 24.3 Å². The van der Waals surface area contributed by atoms with Crippen molar-refractivity contribution >= 4 is 5.97 Å². The van der Waals surface area contributed by atoms with Crippen LogP contribution in [0.4, 0.5) is 0 Å². The minimum absolute atomic E-state index is 0.306. The van der Waals surface area contributed by atoms with Gasteiger partial charge in [0.15, 0.2) is 0 Å². The van der Waals surface area contributed by atoms with Gasteiger partial charge in [0, 0.05) is 12.0 Å². The van der Waals surface area contributed by atoms with E-state index in [1.54, 1.807) is 0 Å². The monoisotopic (exact) mass is 334 g/mol. The first-order valence-electron chi connectivity index (χ1n) is 9.41. The molecule has 2 rings (SSSR count). The summed E-state index contributed by atoms with van der Waals surface area (Å²) in [5, 5.41) is 10.2. The Balaban J connectivity index is 1.86. The van der Waals surface area contributed by atoms with Gasteiger partial charge < -0.3 is 9.84 Å². The van der Waals surface area contributed by atoms with Crippen LogP contribution in [0, 0.1) is 23.2 Å². The van der Waals surface area contributed by atoms with Gasteiger partial charge in [-0.1, -0.05) is 32.6 Å². The van der Waals surface area contributed by atoms with E-state index in [9.17, 15) is 9.90 Å². The molecule has 0 bridgehead atoms. The lowest BCUT2D eigenvalue weighted by Gasteiger charge is -2.44. The van der Waals surface area contributed by atoms with E-state index in [0.29, 0.717) is 29.2 Å². The summed E-state index contributed by atoms with van der Waals surface area (Å²) in [4.78, 5) is 11.4. The van der Waals surface area contributed by atoms with E-state index >= 15 is 0 Å². The van der Waals surface area contributed by atoms with Gasteiger partial charge in [0.25, 0.3) is 0 Å². The summed E-state index contributed by atoms with van der Waals surface area (Å²) < 4.78 is 4.64. The molecule has 0 aromatic rings. The number of hydrogen-bond acceptors (Lipinski definition) is 3. The van der Waals surface area contributed by atoms with Crippen molar-refractivity contribution in [1.29, 1.82) is 0 Å². The molecule has 0 heterocycles. The number of allylic oxidation sites excluding steroid dienone is 1. The van der Waals surface area contributed by atoms with Crippen molar-refractivity contribution in [1.82, 2.24) is 0 Å². The molecule has 2 aliphatic rings. The summed E-state index contributed by atoms with van der Waals surface area (Å²) in [6, 6.07) is 0. The molecule has 0 saturated heterocycles. The van der Waals surface area contributed by atoms with Crippen molar-refractivity contribution in [2.75, 3.05) is 7.11 Å². The van der Waals surface area contributed by atoms with Crippen molar-refractivity contribution in [2.24, 2.45) is 23.2 Å². The highest BCUT2D eigenvalue weighted by molar-refractivity contribution is 5.87. The highest BCUT2D eigenvalue weighted by Crippen LogP contribution is 2.59.